The zero-order valence-electron chi connectivity index (χ0n) is 18.3. The molecule has 1 saturated heterocycles. The smallest absolute Gasteiger partial charge is 0.267 e. The van der Waals surface area contributed by atoms with Crippen molar-refractivity contribution < 1.29 is 9.59 Å². The standard InChI is InChI=1S/C29H22N2O2S/c32-27(24-18-16-23(17-19-24)22-12-6-2-7-13-22)30-31-28(33)26(20-21-10-4-1-5-11-21)34-29(31)25-14-8-3-9-15-25/h1-20,29H,(H,30,32)/b26-20-. The van der Waals surface area contributed by atoms with Crippen molar-refractivity contribution in [3.63, 3.8) is 0 Å². The van der Waals surface area contributed by atoms with Gasteiger partial charge in [0.05, 0.1) is 4.91 Å². The van der Waals surface area contributed by atoms with Crippen LogP contribution in [0.5, 0.6) is 0 Å². The fourth-order valence-corrected chi connectivity index (χ4v) is 5.00. The zero-order chi connectivity index (χ0) is 23.3. The van der Waals surface area contributed by atoms with Gasteiger partial charge in [0.25, 0.3) is 11.8 Å². The van der Waals surface area contributed by atoms with Crippen molar-refractivity contribution in [3.05, 3.63) is 137 Å². The lowest BCUT2D eigenvalue weighted by atomic mass is 10.0. The molecule has 0 bridgehead atoms. The predicted molar refractivity (Wildman–Crippen MR) is 137 cm³/mol. The average Bonchev–Trinajstić information content (AvgIpc) is 3.20. The Morgan fingerprint density at radius 1 is 0.735 bits per heavy atom. The number of hydrazine groups is 1. The van der Waals surface area contributed by atoms with Crippen LogP contribution in [0.2, 0.25) is 0 Å². The Balaban J connectivity index is 1.40. The number of carbonyl (C=O) groups is 2. The molecule has 0 radical (unpaired) electrons. The Morgan fingerprint density at radius 3 is 1.94 bits per heavy atom. The van der Waals surface area contributed by atoms with E-state index in [0.29, 0.717) is 10.5 Å². The minimum absolute atomic E-state index is 0.225. The summed E-state index contributed by atoms with van der Waals surface area (Å²) in [6.45, 7) is 0. The maximum Gasteiger partial charge on any atom is 0.280 e. The predicted octanol–water partition coefficient (Wildman–Crippen LogP) is 6.31. The number of thioether (sulfide) groups is 1. The van der Waals surface area contributed by atoms with Crippen molar-refractivity contribution >= 4 is 29.7 Å². The number of benzene rings is 4. The molecule has 2 amide bonds. The molecule has 1 aliphatic heterocycles. The summed E-state index contributed by atoms with van der Waals surface area (Å²) in [5.74, 6) is -0.549. The molecule has 1 unspecified atom stereocenters. The van der Waals surface area contributed by atoms with Gasteiger partial charge in [0.2, 0.25) is 0 Å². The molecule has 1 atom stereocenters. The van der Waals surface area contributed by atoms with E-state index >= 15 is 0 Å². The minimum atomic E-state index is -0.351. The Kier molecular flexibility index (Phi) is 6.27. The summed E-state index contributed by atoms with van der Waals surface area (Å²) in [5, 5.41) is 1.08. The molecule has 5 heteroatoms. The second kappa shape index (κ2) is 9.81. The molecule has 4 nitrogen and oxygen atoms in total. The van der Waals surface area contributed by atoms with E-state index in [2.05, 4.69) is 5.43 Å². The van der Waals surface area contributed by atoms with Crippen LogP contribution in [0, 0.1) is 0 Å². The van der Waals surface area contributed by atoms with E-state index in [-0.39, 0.29) is 17.2 Å². The monoisotopic (exact) mass is 462 g/mol. The van der Waals surface area contributed by atoms with Gasteiger partial charge in [0.1, 0.15) is 5.37 Å². The van der Waals surface area contributed by atoms with Crippen LogP contribution in [0.3, 0.4) is 0 Å². The summed E-state index contributed by atoms with van der Waals surface area (Å²) < 4.78 is 0. The van der Waals surface area contributed by atoms with Gasteiger partial charge in [-0.1, -0.05) is 115 Å². The fraction of sp³-hybridized carbons (Fsp3) is 0.0345. The molecule has 1 N–H and O–H groups in total. The summed E-state index contributed by atoms with van der Waals surface area (Å²) in [6.07, 6.45) is 1.86. The van der Waals surface area contributed by atoms with Crippen LogP contribution in [0.1, 0.15) is 26.9 Å². The van der Waals surface area contributed by atoms with E-state index in [1.165, 1.54) is 16.8 Å². The molecule has 0 saturated carbocycles. The Hall–Kier alpha value is -4.09. The molecule has 1 aliphatic rings. The van der Waals surface area contributed by atoms with Gasteiger partial charge in [-0.15, -0.1) is 0 Å². The number of carbonyl (C=O) groups excluding carboxylic acids is 2. The Bertz CT molecular complexity index is 1320. The van der Waals surface area contributed by atoms with Gasteiger partial charge >= 0.3 is 0 Å². The maximum absolute atomic E-state index is 13.3. The van der Waals surface area contributed by atoms with Gasteiger partial charge in [-0.3, -0.25) is 15.0 Å². The molecule has 0 aromatic heterocycles. The Morgan fingerprint density at radius 2 is 1.29 bits per heavy atom. The molecule has 1 fully saturated rings. The van der Waals surface area contributed by atoms with Crippen molar-refractivity contribution in [1.29, 1.82) is 0 Å². The highest BCUT2D eigenvalue weighted by molar-refractivity contribution is 8.04. The van der Waals surface area contributed by atoms with Crippen molar-refractivity contribution in [2.24, 2.45) is 0 Å². The van der Waals surface area contributed by atoms with E-state index in [9.17, 15) is 9.59 Å². The lowest BCUT2D eigenvalue weighted by Crippen LogP contribution is -2.44. The zero-order valence-corrected chi connectivity index (χ0v) is 19.1. The third-order valence-electron chi connectivity index (χ3n) is 5.56. The maximum atomic E-state index is 13.3. The third kappa shape index (κ3) is 4.65. The van der Waals surface area contributed by atoms with Crippen molar-refractivity contribution in [1.82, 2.24) is 10.4 Å². The summed E-state index contributed by atoms with van der Waals surface area (Å²) in [5.41, 5.74) is 7.34. The molecule has 34 heavy (non-hydrogen) atoms. The first kappa shape index (κ1) is 21.7. The summed E-state index contributed by atoms with van der Waals surface area (Å²) >= 11 is 1.43. The van der Waals surface area contributed by atoms with Crippen LogP contribution >= 0.6 is 11.8 Å². The fourth-order valence-electron chi connectivity index (χ4n) is 3.81. The third-order valence-corrected chi connectivity index (χ3v) is 6.81. The number of hydrogen-bond acceptors (Lipinski definition) is 3. The lowest BCUT2D eigenvalue weighted by molar-refractivity contribution is -0.128. The first-order valence-electron chi connectivity index (χ1n) is 11.0. The number of amides is 2. The van der Waals surface area contributed by atoms with Crippen LogP contribution in [0.15, 0.2) is 120 Å². The molecule has 4 aromatic rings. The van der Waals surface area contributed by atoms with Crippen LogP contribution in [0.4, 0.5) is 0 Å². The van der Waals surface area contributed by atoms with Gasteiger partial charge in [0, 0.05) is 5.56 Å². The molecule has 1 heterocycles. The molecule has 4 aromatic carbocycles. The van der Waals surface area contributed by atoms with E-state index in [4.69, 9.17) is 0 Å². The second-order valence-electron chi connectivity index (χ2n) is 7.86. The second-order valence-corrected chi connectivity index (χ2v) is 8.98. The summed E-state index contributed by atoms with van der Waals surface area (Å²) in [7, 11) is 0. The average molecular weight is 463 g/mol. The first-order chi connectivity index (χ1) is 16.7. The number of rotatable bonds is 5. The topological polar surface area (TPSA) is 49.4 Å². The highest BCUT2D eigenvalue weighted by Gasteiger charge is 2.38. The van der Waals surface area contributed by atoms with E-state index in [1.807, 2.05) is 109 Å². The van der Waals surface area contributed by atoms with Crippen LogP contribution in [-0.4, -0.2) is 16.8 Å². The van der Waals surface area contributed by atoms with E-state index in [0.717, 1.165) is 22.3 Å². The van der Waals surface area contributed by atoms with E-state index in [1.54, 1.807) is 12.1 Å². The quantitative estimate of drug-likeness (QED) is 0.354. The summed E-state index contributed by atoms with van der Waals surface area (Å²) in [6, 6.07) is 36.8. The molecule has 166 valence electrons. The van der Waals surface area contributed by atoms with Crippen molar-refractivity contribution in [2.75, 3.05) is 0 Å². The van der Waals surface area contributed by atoms with Gasteiger partial charge in [-0.05, 0) is 40.5 Å². The van der Waals surface area contributed by atoms with E-state index < -0.39 is 0 Å². The summed E-state index contributed by atoms with van der Waals surface area (Å²) in [4.78, 5) is 27.0. The largest absolute Gasteiger partial charge is 0.280 e. The van der Waals surface area contributed by atoms with Crippen LogP contribution < -0.4 is 5.43 Å². The highest BCUT2D eigenvalue weighted by Crippen LogP contribution is 2.45. The number of hydrogen-bond donors (Lipinski definition) is 1. The normalized spacial score (nSPS) is 16.6. The van der Waals surface area contributed by atoms with Gasteiger partial charge < -0.3 is 0 Å². The minimum Gasteiger partial charge on any atom is -0.267 e. The Labute approximate surface area is 202 Å². The molecule has 0 aliphatic carbocycles. The van der Waals surface area contributed by atoms with Crippen LogP contribution in [-0.2, 0) is 4.79 Å². The molecular weight excluding hydrogens is 440 g/mol. The lowest BCUT2D eigenvalue weighted by Gasteiger charge is -2.24. The number of nitrogens with one attached hydrogen (secondary N) is 1. The number of nitrogens with zero attached hydrogens (tertiary/aromatic N) is 1. The van der Waals surface area contributed by atoms with Crippen molar-refractivity contribution in [2.45, 2.75) is 5.37 Å². The van der Waals surface area contributed by atoms with Gasteiger partial charge in [-0.2, -0.15) is 0 Å². The molecule has 5 rings (SSSR count). The highest BCUT2D eigenvalue weighted by atomic mass is 32.2. The molecule has 0 spiro atoms. The van der Waals surface area contributed by atoms with Crippen molar-refractivity contribution in [3.8, 4) is 11.1 Å². The van der Waals surface area contributed by atoms with Gasteiger partial charge in [-0.25, -0.2) is 5.01 Å². The SMILES string of the molecule is O=C(NN1C(=O)/C(=C/c2ccccc2)SC1c1ccccc1)c1ccc(-c2ccccc2)cc1. The molecular formula is C29H22N2O2S. The first-order valence-corrected chi connectivity index (χ1v) is 11.9. The van der Waals surface area contributed by atoms with Gasteiger partial charge in [0.15, 0.2) is 0 Å². The van der Waals surface area contributed by atoms with Crippen LogP contribution in [0.25, 0.3) is 17.2 Å².